The molecule has 0 atom stereocenters. The van der Waals surface area contributed by atoms with Gasteiger partial charge in [-0.05, 0) is 43.2 Å². The van der Waals surface area contributed by atoms with E-state index >= 15 is 0 Å². The molecular formula is C16H15Cl2N3O. The summed E-state index contributed by atoms with van der Waals surface area (Å²) in [6.45, 7) is 1.61. The number of carbonyl (C=O) groups is 1. The Morgan fingerprint density at radius 2 is 1.91 bits per heavy atom. The first-order valence-corrected chi connectivity index (χ1v) is 7.86. The molecule has 6 heteroatoms. The van der Waals surface area contributed by atoms with Crippen LogP contribution in [0.2, 0.25) is 10.0 Å². The number of rotatable bonds is 3. The largest absolute Gasteiger partial charge is 0.354 e. The number of carbonyl (C=O) groups excluding carboxylic acids is 1. The lowest BCUT2D eigenvalue weighted by Gasteiger charge is -2.15. The van der Waals surface area contributed by atoms with Gasteiger partial charge in [-0.2, -0.15) is 0 Å². The second kappa shape index (κ2) is 6.55. The number of hydrogen-bond acceptors (Lipinski definition) is 3. The molecule has 4 nitrogen and oxygen atoms in total. The Kier molecular flexibility index (Phi) is 4.50. The van der Waals surface area contributed by atoms with E-state index in [2.05, 4.69) is 10.3 Å². The first kappa shape index (κ1) is 15.1. The highest BCUT2D eigenvalue weighted by atomic mass is 35.5. The van der Waals surface area contributed by atoms with Gasteiger partial charge in [-0.1, -0.05) is 23.2 Å². The molecule has 1 aromatic carbocycles. The average molecular weight is 336 g/mol. The van der Waals surface area contributed by atoms with Crippen LogP contribution in [0.3, 0.4) is 0 Å². The summed E-state index contributed by atoms with van der Waals surface area (Å²) in [6.07, 6.45) is 3.73. The minimum atomic E-state index is -0.0293. The van der Waals surface area contributed by atoms with Crippen LogP contribution >= 0.6 is 23.2 Å². The summed E-state index contributed by atoms with van der Waals surface area (Å²) in [5.74, 6) is -0.0293. The van der Waals surface area contributed by atoms with Gasteiger partial charge in [0, 0.05) is 30.0 Å². The van der Waals surface area contributed by atoms with E-state index in [4.69, 9.17) is 23.2 Å². The van der Waals surface area contributed by atoms with E-state index in [1.54, 1.807) is 36.5 Å². The molecular weight excluding hydrogens is 321 g/mol. The van der Waals surface area contributed by atoms with Gasteiger partial charge in [-0.25, -0.2) is 0 Å². The lowest BCUT2D eigenvalue weighted by atomic mass is 10.2. The Balaban J connectivity index is 1.81. The van der Waals surface area contributed by atoms with Crippen molar-refractivity contribution in [3.05, 3.63) is 52.3 Å². The number of amides is 1. The van der Waals surface area contributed by atoms with E-state index < -0.39 is 0 Å². The van der Waals surface area contributed by atoms with E-state index in [9.17, 15) is 4.79 Å². The maximum atomic E-state index is 12.4. The third-order valence-corrected chi connectivity index (χ3v) is 4.14. The molecule has 0 radical (unpaired) electrons. The van der Waals surface area contributed by atoms with E-state index in [1.165, 1.54) is 0 Å². The first-order chi connectivity index (χ1) is 10.6. The quantitative estimate of drug-likeness (QED) is 0.905. The number of nitrogens with one attached hydrogen (secondary N) is 1. The number of anilines is 2. The lowest BCUT2D eigenvalue weighted by molar-refractivity contribution is 0.0787. The summed E-state index contributed by atoms with van der Waals surface area (Å²) in [6, 6.07) is 8.72. The maximum absolute atomic E-state index is 12.4. The molecule has 114 valence electrons. The van der Waals surface area contributed by atoms with Gasteiger partial charge in [0.2, 0.25) is 0 Å². The van der Waals surface area contributed by atoms with E-state index in [0.717, 1.165) is 31.6 Å². The predicted octanol–water partition coefficient (Wildman–Crippen LogP) is 4.37. The fraction of sp³-hybridized carbons (Fsp3) is 0.250. The van der Waals surface area contributed by atoms with Crippen LogP contribution < -0.4 is 5.32 Å². The van der Waals surface area contributed by atoms with Gasteiger partial charge in [0.05, 0.1) is 10.7 Å². The molecule has 0 bridgehead atoms. The molecule has 1 amide bonds. The highest BCUT2D eigenvalue weighted by Gasteiger charge is 2.20. The van der Waals surface area contributed by atoms with Crippen molar-refractivity contribution < 1.29 is 4.79 Å². The van der Waals surface area contributed by atoms with Crippen LogP contribution in [0.25, 0.3) is 0 Å². The minimum absolute atomic E-state index is 0.0293. The maximum Gasteiger partial charge on any atom is 0.272 e. The van der Waals surface area contributed by atoms with Crippen LogP contribution in [0.5, 0.6) is 0 Å². The molecule has 3 rings (SSSR count). The number of likely N-dealkylation sites (tertiary alicyclic amines) is 1. The number of halogens is 2. The number of aromatic nitrogens is 1. The molecule has 22 heavy (non-hydrogen) atoms. The van der Waals surface area contributed by atoms with Crippen molar-refractivity contribution >= 4 is 40.5 Å². The number of benzene rings is 1. The Hall–Kier alpha value is -1.78. The molecule has 1 aromatic heterocycles. The van der Waals surface area contributed by atoms with Gasteiger partial charge in [0.1, 0.15) is 5.69 Å². The minimum Gasteiger partial charge on any atom is -0.354 e. The van der Waals surface area contributed by atoms with E-state index in [1.807, 2.05) is 4.90 Å². The summed E-state index contributed by atoms with van der Waals surface area (Å²) in [7, 11) is 0. The monoisotopic (exact) mass is 335 g/mol. The molecule has 1 aliphatic rings. The molecule has 1 fully saturated rings. The predicted molar refractivity (Wildman–Crippen MR) is 89.1 cm³/mol. The SMILES string of the molecule is O=C(c1cc(Nc2cc(Cl)ccc2Cl)ccn1)N1CCCC1. The van der Waals surface area contributed by atoms with E-state index in [0.29, 0.717) is 21.4 Å². The van der Waals surface area contributed by atoms with Crippen molar-refractivity contribution in [3.8, 4) is 0 Å². The molecule has 2 aromatic rings. The van der Waals surface area contributed by atoms with Crippen LogP contribution in [-0.2, 0) is 0 Å². The van der Waals surface area contributed by atoms with Crippen molar-refractivity contribution in [3.63, 3.8) is 0 Å². The van der Waals surface area contributed by atoms with E-state index in [-0.39, 0.29) is 5.91 Å². The molecule has 1 N–H and O–H groups in total. The molecule has 2 heterocycles. The van der Waals surface area contributed by atoms with Crippen molar-refractivity contribution in [2.45, 2.75) is 12.8 Å². The second-order valence-corrected chi connectivity index (χ2v) is 6.02. The fourth-order valence-electron chi connectivity index (χ4n) is 2.46. The molecule has 0 aliphatic carbocycles. The van der Waals surface area contributed by atoms with Crippen molar-refractivity contribution in [1.82, 2.24) is 9.88 Å². The topological polar surface area (TPSA) is 45.2 Å². The molecule has 0 spiro atoms. The zero-order valence-electron chi connectivity index (χ0n) is 11.9. The Morgan fingerprint density at radius 3 is 2.68 bits per heavy atom. The zero-order valence-corrected chi connectivity index (χ0v) is 13.4. The van der Waals surface area contributed by atoms with Gasteiger partial charge in [-0.15, -0.1) is 0 Å². The molecule has 0 saturated carbocycles. The van der Waals surface area contributed by atoms with Crippen LogP contribution in [0.4, 0.5) is 11.4 Å². The van der Waals surface area contributed by atoms with Gasteiger partial charge < -0.3 is 10.2 Å². The summed E-state index contributed by atoms with van der Waals surface area (Å²) >= 11 is 12.1. The van der Waals surface area contributed by atoms with Gasteiger partial charge in [0.25, 0.3) is 5.91 Å². The summed E-state index contributed by atoms with van der Waals surface area (Å²) in [4.78, 5) is 18.4. The van der Waals surface area contributed by atoms with Gasteiger partial charge in [0.15, 0.2) is 0 Å². The third-order valence-electron chi connectivity index (χ3n) is 3.58. The third kappa shape index (κ3) is 3.34. The molecule has 1 saturated heterocycles. The Morgan fingerprint density at radius 1 is 1.14 bits per heavy atom. The number of pyridine rings is 1. The standard InChI is InChI=1S/C16H15Cl2N3O/c17-11-3-4-13(18)14(9-11)20-12-5-6-19-15(10-12)16(22)21-7-1-2-8-21/h3-6,9-10H,1-2,7-8H2,(H,19,20). The molecule has 0 unspecified atom stereocenters. The van der Waals surface area contributed by atoms with Crippen molar-refractivity contribution in [2.24, 2.45) is 0 Å². The average Bonchev–Trinajstić information content (AvgIpc) is 3.05. The number of hydrogen-bond donors (Lipinski definition) is 1. The Bertz CT molecular complexity index is 700. The van der Waals surface area contributed by atoms with Crippen LogP contribution in [-0.4, -0.2) is 28.9 Å². The highest BCUT2D eigenvalue weighted by Crippen LogP contribution is 2.28. The first-order valence-electron chi connectivity index (χ1n) is 7.11. The number of nitrogens with zero attached hydrogens (tertiary/aromatic N) is 2. The van der Waals surface area contributed by atoms with Crippen LogP contribution in [0.1, 0.15) is 23.3 Å². The highest BCUT2D eigenvalue weighted by molar-refractivity contribution is 6.35. The second-order valence-electron chi connectivity index (χ2n) is 5.18. The van der Waals surface area contributed by atoms with Crippen LogP contribution in [0, 0.1) is 0 Å². The van der Waals surface area contributed by atoms with Crippen molar-refractivity contribution in [2.75, 3.05) is 18.4 Å². The lowest BCUT2D eigenvalue weighted by Crippen LogP contribution is -2.28. The van der Waals surface area contributed by atoms with Crippen LogP contribution in [0.15, 0.2) is 36.5 Å². The summed E-state index contributed by atoms with van der Waals surface area (Å²) in [5.41, 5.74) is 1.88. The smallest absolute Gasteiger partial charge is 0.272 e. The Labute approximate surface area is 139 Å². The summed E-state index contributed by atoms with van der Waals surface area (Å²) < 4.78 is 0. The van der Waals surface area contributed by atoms with Gasteiger partial charge >= 0.3 is 0 Å². The van der Waals surface area contributed by atoms with Crippen molar-refractivity contribution in [1.29, 1.82) is 0 Å². The fourth-order valence-corrected chi connectivity index (χ4v) is 2.79. The normalized spacial score (nSPS) is 14.2. The zero-order chi connectivity index (χ0) is 15.5. The summed E-state index contributed by atoms with van der Waals surface area (Å²) in [5, 5.41) is 4.33. The van der Waals surface area contributed by atoms with Gasteiger partial charge in [-0.3, -0.25) is 9.78 Å². The molecule has 1 aliphatic heterocycles.